The topological polar surface area (TPSA) is 42.2 Å². The second-order valence-corrected chi connectivity index (χ2v) is 5.72. The van der Waals surface area contributed by atoms with E-state index in [0.29, 0.717) is 18.3 Å². The van der Waals surface area contributed by atoms with Gasteiger partial charge in [0.15, 0.2) is 0 Å². The van der Waals surface area contributed by atoms with E-state index in [4.69, 9.17) is 4.42 Å². The van der Waals surface area contributed by atoms with Gasteiger partial charge in [-0.2, -0.15) is 0 Å². The molecule has 0 N–H and O–H groups in total. The molecule has 0 radical (unpaired) electrons. The second kappa shape index (κ2) is 7.36. The maximum Gasteiger partial charge on any atom is 0.230 e. The molecule has 1 atom stereocenters. The monoisotopic (exact) mass is 325 g/mol. The van der Waals surface area contributed by atoms with E-state index in [1.165, 1.54) is 12.1 Å². The van der Waals surface area contributed by atoms with E-state index < -0.39 is 0 Å². The van der Waals surface area contributed by atoms with E-state index in [1.54, 1.807) is 0 Å². The molecule has 2 aromatic carbocycles. The molecule has 0 saturated carbocycles. The van der Waals surface area contributed by atoms with Crippen molar-refractivity contribution in [1.29, 1.82) is 0 Å². The van der Waals surface area contributed by atoms with Crippen LogP contribution in [0, 0.1) is 5.82 Å². The molecule has 1 heterocycles. The Balaban J connectivity index is 1.90. The first-order chi connectivity index (χ1) is 11.7. The minimum atomic E-state index is -0.238. The van der Waals surface area contributed by atoms with Gasteiger partial charge in [-0.05, 0) is 30.3 Å². The van der Waals surface area contributed by atoms with Gasteiger partial charge in [0.2, 0.25) is 11.8 Å². The Morgan fingerprint density at radius 1 is 0.958 bits per heavy atom. The third kappa shape index (κ3) is 3.68. The van der Waals surface area contributed by atoms with Crippen LogP contribution in [0.5, 0.6) is 0 Å². The van der Waals surface area contributed by atoms with Crippen molar-refractivity contribution in [2.75, 3.05) is 7.05 Å². The molecule has 0 fully saturated rings. The van der Waals surface area contributed by atoms with Crippen LogP contribution in [-0.4, -0.2) is 22.1 Å². The Morgan fingerprint density at radius 2 is 1.58 bits per heavy atom. The van der Waals surface area contributed by atoms with Crippen LogP contribution >= 0.6 is 0 Å². The molecule has 24 heavy (non-hydrogen) atoms. The zero-order chi connectivity index (χ0) is 16.9. The van der Waals surface area contributed by atoms with E-state index in [-0.39, 0.29) is 11.9 Å². The first-order valence-corrected chi connectivity index (χ1v) is 7.99. The molecule has 124 valence electrons. The van der Waals surface area contributed by atoms with Crippen molar-refractivity contribution < 1.29 is 8.81 Å². The third-order valence-corrected chi connectivity index (χ3v) is 3.94. The molecular formula is C19H20FN3O. The highest BCUT2D eigenvalue weighted by Crippen LogP contribution is 2.28. The van der Waals surface area contributed by atoms with Gasteiger partial charge in [0.25, 0.3) is 0 Å². The van der Waals surface area contributed by atoms with Crippen molar-refractivity contribution in [3.05, 3.63) is 83.3 Å². The van der Waals surface area contributed by atoms with Crippen LogP contribution in [0.25, 0.3) is 0 Å². The zero-order valence-corrected chi connectivity index (χ0v) is 13.8. The molecule has 0 amide bonds. The van der Waals surface area contributed by atoms with Crippen LogP contribution in [-0.2, 0) is 13.0 Å². The molecule has 0 bridgehead atoms. The quantitative estimate of drug-likeness (QED) is 0.687. The SMILES string of the molecule is CCc1nnc(CN(C)C(c2ccccc2)c2ccc(F)cc2)o1. The standard InChI is InChI=1S/C19H20FN3O/c1-3-17-21-22-18(24-17)13-23(2)19(14-7-5-4-6-8-14)15-9-11-16(20)12-10-15/h4-12,19H,3,13H2,1-2H3. The summed E-state index contributed by atoms with van der Waals surface area (Å²) < 4.78 is 18.9. The first-order valence-electron chi connectivity index (χ1n) is 7.99. The van der Waals surface area contributed by atoms with Crippen molar-refractivity contribution in [3.63, 3.8) is 0 Å². The molecule has 0 aliphatic rings. The van der Waals surface area contributed by atoms with Gasteiger partial charge in [0.05, 0.1) is 12.6 Å². The zero-order valence-electron chi connectivity index (χ0n) is 13.8. The molecule has 0 aliphatic carbocycles. The minimum absolute atomic E-state index is 0.0243. The Bertz CT molecular complexity index is 771. The molecular weight excluding hydrogens is 305 g/mol. The number of nitrogens with zero attached hydrogens (tertiary/aromatic N) is 3. The maximum atomic E-state index is 13.3. The normalized spacial score (nSPS) is 12.5. The summed E-state index contributed by atoms with van der Waals surface area (Å²) in [7, 11) is 2.00. The fraction of sp³-hybridized carbons (Fsp3) is 0.263. The van der Waals surface area contributed by atoms with E-state index in [0.717, 1.165) is 17.5 Å². The summed E-state index contributed by atoms with van der Waals surface area (Å²) in [5.74, 6) is 0.978. The van der Waals surface area contributed by atoms with Crippen molar-refractivity contribution in [2.24, 2.45) is 0 Å². The van der Waals surface area contributed by atoms with Gasteiger partial charge >= 0.3 is 0 Å². The van der Waals surface area contributed by atoms with E-state index in [1.807, 2.05) is 44.3 Å². The Morgan fingerprint density at radius 3 is 2.21 bits per heavy atom. The smallest absolute Gasteiger partial charge is 0.230 e. The minimum Gasteiger partial charge on any atom is -0.424 e. The van der Waals surface area contributed by atoms with Gasteiger partial charge in [-0.15, -0.1) is 10.2 Å². The van der Waals surface area contributed by atoms with Crippen molar-refractivity contribution in [1.82, 2.24) is 15.1 Å². The van der Waals surface area contributed by atoms with Gasteiger partial charge in [-0.3, -0.25) is 4.90 Å². The maximum absolute atomic E-state index is 13.3. The van der Waals surface area contributed by atoms with E-state index in [9.17, 15) is 4.39 Å². The molecule has 3 aromatic rings. The molecule has 0 spiro atoms. The number of hydrogen-bond acceptors (Lipinski definition) is 4. The average Bonchev–Trinajstić information content (AvgIpc) is 3.05. The highest BCUT2D eigenvalue weighted by atomic mass is 19.1. The predicted octanol–water partition coefficient (Wildman–Crippen LogP) is 3.99. The predicted molar refractivity (Wildman–Crippen MR) is 89.8 cm³/mol. The summed E-state index contributed by atoms with van der Waals surface area (Å²) >= 11 is 0. The summed E-state index contributed by atoms with van der Waals surface area (Å²) in [5.41, 5.74) is 2.14. The number of hydrogen-bond donors (Lipinski definition) is 0. The van der Waals surface area contributed by atoms with Gasteiger partial charge in [0.1, 0.15) is 5.82 Å². The molecule has 1 unspecified atom stereocenters. The highest BCUT2D eigenvalue weighted by Gasteiger charge is 2.21. The fourth-order valence-electron chi connectivity index (χ4n) is 2.78. The summed E-state index contributed by atoms with van der Waals surface area (Å²) in [4.78, 5) is 2.12. The number of rotatable bonds is 6. The lowest BCUT2D eigenvalue weighted by Gasteiger charge is -2.28. The average molecular weight is 325 g/mol. The van der Waals surface area contributed by atoms with E-state index in [2.05, 4.69) is 27.2 Å². The van der Waals surface area contributed by atoms with Crippen LogP contribution in [0.2, 0.25) is 0 Å². The highest BCUT2D eigenvalue weighted by molar-refractivity contribution is 5.32. The van der Waals surface area contributed by atoms with Crippen LogP contribution in [0.15, 0.2) is 59.0 Å². The fourth-order valence-corrected chi connectivity index (χ4v) is 2.78. The van der Waals surface area contributed by atoms with Crippen LogP contribution in [0.1, 0.15) is 35.9 Å². The Labute approximate surface area is 140 Å². The van der Waals surface area contributed by atoms with Gasteiger partial charge < -0.3 is 4.42 Å². The largest absolute Gasteiger partial charge is 0.424 e. The molecule has 3 rings (SSSR count). The lowest BCUT2D eigenvalue weighted by atomic mass is 9.97. The molecule has 0 saturated heterocycles. The lowest BCUT2D eigenvalue weighted by molar-refractivity contribution is 0.240. The van der Waals surface area contributed by atoms with Crippen molar-refractivity contribution in [3.8, 4) is 0 Å². The number of halogens is 1. The molecule has 1 aromatic heterocycles. The Hall–Kier alpha value is -2.53. The van der Waals surface area contributed by atoms with Gasteiger partial charge in [-0.25, -0.2) is 4.39 Å². The van der Waals surface area contributed by atoms with Crippen molar-refractivity contribution in [2.45, 2.75) is 25.9 Å². The summed E-state index contributed by atoms with van der Waals surface area (Å²) in [6.45, 7) is 2.50. The van der Waals surface area contributed by atoms with Crippen LogP contribution in [0.4, 0.5) is 4.39 Å². The molecule has 0 aliphatic heterocycles. The summed E-state index contributed by atoms with van der Waals surface area (Å²) in [6, 6.07) is 16.7. The number of aryl methyl sites for hydroxylation is 1. The van der Waals surface area contributed by atoms with Crippen molar-refractivity contribution >= 4 is 0 Å². The van der Waals surface area contributed by atoms with E-state index >= 15 is 0 Å². The second-order valence-electron chi connectivity index (χ2n) is 5.72. The van der Waals surface area contributed by atoms with Crippen LogP contribution < -0.4 is 0 Å². The lowest BCUT2D eigenvalue weighted by Crippen LogP contribution is -2.25. The van der Waals surface area contributed by atoms with Crippen LogP contribution in [0.3, 0.4) is 0 Å². The summed E-state index contributed by atoms with van der Waals surface area (Å²) in [5, 5.41) is 8.10. The molecule has 5 heteroatoms. The molecule has 4 nitrogen and oxygen atoms in total. The van der Waals surface area contributed by atoms with Gasteiger partial charge in [-0.1, -0.05) is 49.4 Å². The van der Waals surface area contributed by atoms with Gasteiger partial charge in [0, 0.05) is 6.42 Å². The third-order valence-electron chi connectivity index (χ3n) is 3.94. The number of benzene rings is 2. The first kappa shape index (κ1) is 16.3. The Kier molecular flexibility index (Phi) is 5.01. The number of aromatic nitrogens is 2. The summed E-state index contributed by atoms with van der Waals surface area (Å²) in [6.07, 6.45) is 0.719.